The first-order valence-electron chi connectivity index (χ1n) is 9.61. The van der Waals surface area contributed by atoms with Crippen molar-refractivity contribution in [2.45, 2.75) is 19.8 Å². The van der Waals surface area contributed by atoms with Gasteiger partial charge in [-0.1, -0.05) is 18.2 Å². The lowest BCUT2D eigenvalue weighted by Crippen LogP contribution is -2.25. The number of benzene rings is 2. The quantitative estimate of drug-likeness (QED) is 0.698. The molecule has 6 heteroatoms. The molecule has 1 aliphatic heterocycles. The second-order valence-corrected chi connectivity index (χ2v) is 7.00. The maximum Gasteiger partial charge on any atom is 0.257 e. The summed E-state index contributed by atoms with van der Waals surface area (Å²) >= 11 is 0. The number of aryl methyl sites for hydroxylation is 1. The highest BCUT2D eigenvalue weighted by Crippen LogP contribution is 2.32. The predicted molar refractivity (Wildman–Crippen MR) is 115 cm³/mol. The molecule has 2 N–H and O–H groups in total. The molecule has 1 aromatic heterocycles. The van der Waals surface area contributed by atoms with Crippen LogP contribution in [0.2, 0.25) is 0 Å². The highest BCUT2D eigenvalue weighted by molar-refractivity contribution is 6.04. The van der Waals surface area contributed by atoms with E-state index in [1.165, 1.54) is 18.2 Å². The summed E-state index contributed by atoms with van der Waals surface area (Å²) in [6, 6.07) is 19.0. The molecule has 0 spiro atoms. The summed E-state index contributed by atoms with van der Waals surface area (Å²) in [4.78, 5) is 30.3. The van der Waals surface area contributed by atoms with Crippen LogP contribution < -0.4 is 15.5 Å². The number of amides is 2. The van der Waals surface area contributed by atoms with Gasteiger partial charge in [-0.2, -0.15) is 0 Å². The number of pyridine rings is 1. The topological polar surface area (TPSA) is 74.3 Å². The maximum atomic E-state index is 12.5. The highest BCUT2D eigenvalue weighted by atomic mass is 16.2. The Balaban J connectivity index is 1.45. The van der Waals surface area contributed by atoms with Gasteiger partial charge in [0.05, 0.1) is 5.56 Å². The van der Waals surface area contributed by atoms with Gasteiger partial charge in [-0.25, -0.2) is 4.98 Å². The molecule has 0 aliphatic carbocycles. The largest absolute Gasteiger partial charge is 0.326 e. The van der Waals surface area contributed by atoms with Gasteiger partial charge in [-0.15, -0.1) is 0 Å². The van der Waals surface area contributed by atoms with Gasteiger partial charge in [0.15, 0.2) is 0 Å². The zero-order valence-corrected chi connectivity index (χ0v) is 16.2. The second kappa shape index (κ2) is 8.14. The van der Waals surface area contributed by atoms with Crippen molar-refractivity contribution >= 4 is 34.7 Å². The maximum absolute atomic E-state index is 12.5. The zero-order chi connectivity index (χ0) is 20.2. The van der Waals surface area contributed by atoms with Crippen molar-refractivity contribution in [3.05, 3.63) is 78.0 Å². The minimum absolute atomic E-state index is 0.135. The number of rotatable bonds is 4. The van der Waals surface area contributed by atoms with Crippen molar-refractivity contribution in [1.29, 1.82) is 0 Å². The fourth-order valence-electron chi connectivity index (χ4n) is 3.50. The molecule has 0 saturated carbocycles. The number of hydrogen-bond donors (Lipinski definition) is 2. The van der Waals surface area contributed by atoms with Gasteiger partial charge in [0.1, 0.15) is 5.82 Å². The molecule has 0 atom stereocenters. The first kappa shape index (κ1) is 18.7. The van der Waals surface area contributed by atoms with E-state index in [4.69, 9.17) is 0 Å². The number of fused-ring (bicyclic) bond motifs is 1. The average molecular weight is 386 g/mol. The minimum atomic E-state index is -0.227. The van der Waals surface area contributed by atoms with Crippen LogP contribution >= 0.6 is 0 Å². The average Bonchev–Trinajstić information content (AvgIpc) is 2.74. The van der Waals surface area contributed by atoms with Crippen LogP contribution in [0.25, 0.3) is 0 Å². The molecule has 4 rings (SSSR count). The predicted octanol–water partition coefficient (Wildman–Crippen LogP) is 4.38. The molecule has 0 saturated heterocycles. The monoisotopic (exact) mass is 386 g/mol. The smallest absolute Gasteiger partial charge is 0.257 e. The summed E-state index contributed by atoms with van der Waals surface area (Å²) in [5.74, 6) is 0.480. The number of nitrogens with one attached hydrogen (secondary N) is 2. The van der Waals surface area contributed by atoms with Crippen molar-refractivity contribution in [1.82, 2.24) is 4.98 Å². The SMILES string of the molecule is CC(=O)Nc1ccc(NC(=O)c2ccc(N3CCCc4ccccc43)nc2)cc1. The molecule has 0 bridgehead atoms. The Hall–Kier alpha value is -3.67. The fraction of sp³-hybridized carbons (Fsp3) is 0.174. The van der Waals surface area contributed by atoms with Gasteiger partial charge in [0.25, 0.3) is 5.91 Å². The van der Waals surface area contributed by atoms with E-state index in [0.29, 0.717) is 16.9 Å². The number of para-hydroxylation sites is 1. The van der Waals surface area contributed by atoms with Gasteiger partial charge in [-0.3, -0.25) is 9.59 Å². The van der Waals surface area contributed by atoms with Crippen LogP contribution in [0.3, 0.4) is 0 Å². The molecule has 3 aromatic rings. The number of anilines is 4. The lowest BCUT2D eigenvalue weighted by molar-refractivity contribution is -0.114. The summed E-state index contributed by atoms with van der Waals surface area (Å²) in [6.45, 7) is 2.37. The molecule has 6 nitrogen and oxygen atoms in total. The van der Waals surface area contributed by atoms with Gasteiger partial charge < -0.3 is 15.5 Å². The molecular weight excluding hydrogens is 364 g/mol. The van der Waals surface area contributed by atoms with Gasteiger partial charge in [-0.05, 0) is 60.9 Å². The third-order valence-electron chi connectivity index (χ3n) is 4.86. The Morgan fingerprint density at radius 2 is 1.66 bits per heavy atom. The first-order valence-corrected chi connectivity index (χ1v) is 9.61. The van der Waals surface area contributed by atoms with Crippen LogP contribution in [0.1, 0.15) is 29.3 Å². The number of aromatic nitrogens is 1. The van der Waals surface area contributed by atoms with E-state index in [1.807, 2.05) is 12.1 Å². The molecule has 29 heavy (non-hydrogen) atoms. The summed E-state index contributed by atoms with van der Waals surface area (Å²) in [5, 5.41) is 5.54. The molecule has 2 heterocycles. The summed E-state index contributed by atoms with van der Waals surface area (Å²) in [5.41, 5.74) is 4.33. The Bertz CT molecular complexity index is 1030. The van der Waals surface area contributed by atoms with Crippen LogP contribution in [0, 0.1) is 0 Å². The van der Waals surface area contributed by atoms with E-state index in [9.17, 15) is 9.59 Å². The van der Waals surface area contributed by atoms with Crippen LogP contribution in [0.5, 0.6) is 0 Å². The number of carbonyl (C=O) groups is 2. The van der Waals surface area contributed by atoms with E-state index in [-0.39, 0.29) is 11.8 Å². The van der Waals surface area contributed by atoms with E-state index >= 15 is 0 Å². The number of carbonyl (C=O) groups excluding carboxylic acids is 2. The van der Waals surface area contributed by atoms with E-state index in [1.54, 1.807) is 36.5 Å². The molecule has 1 aliphatic rings. The number of hydrogen-bond acceptors (Lipinski definition) is 4. The fourth-order valence-corrected chi connectivity index (χ4v) is 3.50. The van der Waals surface area contributed by atoms with Crippen LogP contribution in [0.4, 0.5) is 22.9 Å². The van der Waals surface area contributed by atoms with Crippen molar-refractivity contribution < 1.29 is 9.59 Å². The van der Waals surface area contributed by atoms with E-state index in [2.05, 4.69) is 38.7 Å². The summed E-state index contributed by atoms with van der Waals surface area (Å²) in [6.07, 6.45) is 3.76. The van der Waals surface area contributed by atoms with Gasteiger partial charge in [0, 0.05) is 36.7 Å². The van der Waals surface area contributed by atoms with Crippen molar-refractivity contribution in [2.75, 3.05) is 22.1 Å². The lowest BCUT2D eigenvalue weighted by atomic mass is 10.0. The summed E-state index contributed by atoms with van der Waals surface area (Å²) < 4.78 is 0. The Morgan fingerprint density at radius 1 is 0.931 bits per heavy atom. The zero-order valence-electron chi connectivity index (χ0n) is 16.2. The van der Waals surface area contributed by atoms with E-state index in [0.717, 1.165) is 25.2 Å². The van der Waals surface area contributed by atoms with Gasteiger partial charge in [0.2, 0.25) is 5.91 Å². The lowest BCUT2D eigenvalue weighted by Gasteiger charge is -2.30. The molecule has 2 aromatic carbocycles. The van der Waals surface area contributed by atoms with Crippen LogP contribution in [-0.4, -0.2) is 23.3 Å². The number of nitrogens with zero attached hydrogens (tertiary/aromatic N) is 2. The molecule has 146 valence electrons. The van der Waals surface area contributed by atoms with Crippen molar-refractivity contribution in [3.63, 3.8) is 0 Å². The molecular formula is C23H22N4O2. The van der Waals surface area contributed by atoms with E-state index < -0.39 is 0 Å². The Morgan fingerprint density at radius 3 is 2.34 bits per heavy atom. The third-order valence-corrected chi connectivity index (χ3v) is 4.86. The highest BCUT2D eigenvalue weighted by Gasteiger charge is 2.19. The molecule has 0 unspecified atom stereocenters. The molecule has 2 amide bonds. The normalized spacial score (nSPS) is 12.8. The second-order valence-electron chi connectivity index (χ2n) is 7.00. The van der Waals surface area contributed by atoms with Crippen LogP contribution in [0.15, 0.2) is 66.9 Å². The minimum Gasteiger partial charge on any atom is -0.326 e. The summed E-state index contributed by atoms with van der Waals surface area (Å²) in [7, 11) is 0. The van der Waals surface area contributed by atoms with Crippen molar-refractivity contribution in [2.24, 2.45) is 0 Å². The molecule has 0 fully saturated rings. The standard InChI is InChI=1S/C23H22N4O2/c1-16(28)25-19-9-11-20(12-10-19)26-23(29)18-8-13-22(24-15-18)27-14-4-6-17-5-2-3-7-21(17)27/h2-3,5,7-13,15H,4,6,14H2,1H3,(H,25,28)(H,26,29). The Kier molecular flexibility index (Phi) is 5.24. The van der Waals surface area contributed by atoms with Crippen LogP contribution in [-0.2, 0) is 11.2 Å². The first-order chi connectivity index (χ1) is 14.1. The Labute approximate surface area is 169 Å². The van der Waals surface area contributed by atoms with Gasteiger partial charge >= 0.3 is 0 Å². The van der Waals surface area contributed by atoms with Crippen molar-refractivity contribution in [3.8, 4) is 0 Å². The third kappa shape index (κ3) is 4.27. The molecule has 0 radical (unpaired) electrons.